The van der Waals surface area contributed by atoms with E-state index in [0.717, 1.165) is 94.6 Å². The minimum Gasteiger partial charge on any atom is -0.208 e. The van der Waals surface area contributed by atoms with Gasteiger partial charge in [-0.3, -0.25) is 0 Å². The fraction of sp³-hybridized carbons (Fsp3) is 0. The van der Waals surface area contributed by atoms with E-state index in [1.54, 1.807) is 0 Å². The summed E-state index contributed by atoms with van der Waals surface area (Å²) in [5, 5.41) is 14.3. The van der Waals surface area contributed by atoms with Crippen molar-refractivity contribution in [2.45, 2.75) is 0 Å². The molecule has 0 saturated heterocycles. The summed E-state index contributed by atoms with van der Waals surface area (Å²) >= 11 is 0. The Bertz CT molecular complexity index is 5970. The second-order valence-corrected chi connectivity index (χ2v) is 26.6. The van der Waals surface area contributed by atoms with Crippen molar-refractivity contribution in [2.75, 3.05) is 0 Å². The van der Waals surface area contributed by atoms with Crippen molar-refractivity contribution in [3.8, 4) is 134 Å². The van der Waals surface area contributed by atoms with Gasteiger partial charge in [-0.2, -0.15) is 0 Å². The molecule has 3 heteroatoms. The number of fused-ring (bicyclic) bond motifs is 6. The number of benzene rings is 18. The maximum atomic E-state index is 5.65. The van der Waals surface area contributed by atoms with Crippen LogP contribution in [0.5, 0.6) is 0 Å². The van der Waals surface area contributed by atoms with Crippen LogP contribution in [0.1, 0.15) is 0 Å². The molecule has 1 aromatic heterocycles. The van der Waals surface area contributed by atoms with Crippen LogP contribution < -0.4 is 0 Å². The molecule has 0 fully saturated rings. The molecule has 0 aliphatic rings. The number of hydrogen-bond acceptors (Lipinski definition) is 3. The Morgan fingerprint density at radius 2 is 0.304 bits per heavy atom. The van der Waals surface area contributed by atoms with E-state index in [9.17, 15) is 0 Å². The van der Waals surface area contributed by atoms with Gasteiger partial charge in [0.25, 0.3) is 0 Å². The molecular formula is C99H63N3. The monoisotopic (exact) mass is 1290 g/mol. The van der Waals surface area contributed by atoms with E-state index in [1.807, 2.05) is 0 Å². The summed E-state index contributed by atoms with van der Waals surface area (Å²) < 4.78 is 0. The quantitative estimate of drug-likeness (QED) is 0.122. The van der Waals surface area contributed by atoms with E-state index in [1.165, 1.54) is 86.9 Å². The average Bonchev–Trinajstić information content (AvgIpc) is 0.766. The van der Waals surface area contributed by atoms with Crippen molar-refractivity contribution >= 4 is 64.6 Å². The largest absolute Gasteiger partial charge is 0.208 e. The van der Waals surface area contributed by atoms with Gasteiger partial charge < -0.3 is 0 Å². The Balaban J connectivity index is 0.752. The summed E-state index contributed by atoms with van der Waals surface area (Å²) in [6.07, 6.45) is 0. The van der Waals surface area contributed by atoms with E-state index in [0.29, 0.717) is 17.5 Å². The number of nitrogens with zero attached hydrogens (tertiary/aromatic N) is 3. The van der Waals surface area contributed by atoms with Gasteiger partial charge in [0.1, 0.15) is 0 Å². The maximum absolute atomic E-state index is 5.65. The first-order chi connectivity index (χ1) is 50.5. The van der Waals surface area contributed by atoms with Crippen LogP contribution in [0.25, 0.3) is 199 Å². The molecule has 0 aliphatic heterocycles. The van der Waals surface area contributed by atoms with Crippen LogP contribution >= 0.6 is 0 Å². The zero-order valence-electron chi connectivity index (χ0n) is 55.7. The van der Waals surface area contributed by atoms with Gasteiger partial charge in [-0.15, -0.1) is 0 Å². The molecule has 474 valence electrons. The van der Waals surface area contributed by atoms with Gasteiger partial charge in [-0.05, 0) is 232 Å². The van der Waals surface area contributed by atoms with Crippen LogP contribution in [0.2, 0.25) is 0 Å². The third kappa shape index (κ3) is 11.1. The lowest BCUT2D eigenvalue weighted by Crippen LogP contribution is -2.01. The van der Waals surface area contributed by atoms with Gasteiger partial charge in [0.2, 0.25) is 0 Å². The van der Waals surface area contributed by atoms with Crippen LogP contribution in [0.3, 0.4) is 0 Å². The molecule has 102 heavy (non-hydrogen) atoms. The van der Waals surface area contributed by atoms with Gasteiger partial charge in [0.15, 0.2) is 17.5 Å². The minimum absolute atomic E-state index is 0.574. The molecule has 0 atom stereocenters. The fourth-order valence-electron chi connectivity index (χ4n) is 15.4. The Kier molecular flexibility index (Phi) is 14.9. The second kappa shape index (κ2) is 25.4. The lowest BCUT2D eigenvalue weighted by molar-refractivity contribution is 1.07. The van der Waals surface area contributed by atoms with Crippen LogP contribution in [0.15, 0.2) is 382 Å². The van der Waals surface area contributed by atoms with E-state index in [-0.39, 0.29) is 0 Å². The van der Waals surface area contributed by atoms with E-state index in [2.05, 4.69) is 382 Å². The average molecular weight is 1290 g/mol. The van der Waals surface area contributed by atoms with Gasteiger partial charge in [-0.1, -0.05) is 315 Å². The van der Waals surface area contributed by atoms with Crippen molar-refractivity contribution < 1.29 is 0 Å². The molecule has 1 heterocycles. The zero-order chi connectivity index (χ0) is 67.5. The normalized spacial score (nSPS) is 11.5. The Hall–Kier alpha value is -13.5. The number of hydrogen-bond donors (Lipinski definition) is 0. The highest BCUT2D eigenvalue weighted by Crippen LogP contribution is 2.44. The van der Waals surface area contributed by atoms with Crippen molar-refractivity contribution in [1.29, 1.82) is 0 Å². The summed E-state index contributed by atoms with van der Waals surface area (Å²) in [6.45, 7) is 0. The molecule has 0 N–H and O–H groups in total. The number of aromatic nitrogens is 3. The maximum Gasteiger partial charge on any atom is 0.164 e. The molecule has 3 nitrogen and oxygen atoms in total. The van der Waals surface area contributed by atoms with Crippen LogP contribution in [0.4, 0.5) is 0 Å². The zero-order valence-corrected chi connectivity index (χ0v) is 55.7. The Morgan fingerprint density at radius 1 is 0.118 bits per heavy atom. The minimum atomic E-state index is 0.574. The van der Waals surface area contributed by atoms with Gasteiger partial charge in [0, 0.05) is 16.7 Å². The Labute approximate surface area is 592 Å². The van der Waals surface area contributed by atoms with Crippen LogP contribution in [-0.4, -0.2) is 15.0 Å². The van der Waals surface area contributed by atoms with Crippen molar-refractivity contribution in [1.82, 2.24) is 15.0 Å². The molecule has 0 bridgehead atoms. The highest BCUT2D eigenvalue weighted by atomic mass is 15.0. The molecule has 0 radical (unpaired) electrons. The first-order valence-electron chi connectivity index (χ1n) is 34.9. The molecule has 19 rings (SSSR count). The van der Waals surface area contributed by atoms with Crippen molar-refractivity contribution in [3.05, 3.63) is 382 Å². The standard InChI is InChI=1S/C99H63N3/c1-7-37-85-65(21-1)27-15-43-91(85)77-55-76(56-78(57-77)92-44-16-28-66-22-2-8-38-86(66)92)75-36-14-35-74(54-75)73-34-13-33-72(53-73)64-49-51-71(52-50-64)97-100-98(83-60-79(93-45-17-29-67-23-3-9-39-87(67)93)58-80(61-83)94-46-18-30-68-24-4-10-40-88(68)94)102-99(101-97)84-62-81(95-47-19-31-69-25-5-11-41-89(69)95)59-82(63-84)96-48-20-32-70-26-6-12-42-90(70)96/h1-63H. The molecule has 0 amide bonds. The smallest absolute Gasteiger partial charge is 0.164 e. The molecular weight excluding hydrogens is 1230 g/mol. The summed E-state index contributed by atoms with van der Waals surface area (Å²) in [7, 11) is 0. The molecule has 19 aromatic rings. The van der Waals surface area contributed by atoms with Gasteiger partial charge >= 0.3 is 0 Å². The number of rotatable bonds is 12. The molecule has 0 saturated carbocycles. The topological polar surface area (TPSA) is 38.7 Å². The van der Waals surface area contributed by atoms with E-state index in [4.69, 9.17) is 15.0 Å². The summed E-state index contributed by atoms with van der Waals surface area (Å²) in [6, 6.07) is 139. The predicted octanol–water partition coefficient (Wildman–Crippen LogP) is 26.8. The van der Waals surface area contributed by atoms with Crippen molar-refractivity contribution in [2.24, 2.45) is 0 Å². The van der Waals surface area contributed by atoms with Crippen molar-refractivity contribution in [3.63, 3.8) is 0 Å². The molecule has 18 aromatic carbocycles. The predicted molar refractivity (Wildman–Crippen MR) is 430 cm³/mol. The third-order valence-electron chi connectivity index (χ3n) is 20.4. The first-order valence-corrected chi connectivity index (χ1v) is 34.9. The van der Waals surface area contributed by atoms with E-state index >= 15 is 0 Å². The summed E-state index contributed by atoms with van der Waals surface area (Å²) in [5.74, 6) is 1.72. The summed E-state index contributed by atoms with van der Waals surface area (Å²) in [4.78, 5) is 16.8. The van der Waals surface area contributed by atoms with Crippen LogP contribution in [0, 0.1) is 0 Å². The van der Waals surface area contributed by atoms with Gasteiger partial charge in [0.05, 0.1) is 0 Å². The second-order valence-electron chi connectivity index (χ2n) is 26.6. The summed E-state index contributed by atoms with van der Waals surface area (Å²) in [5.41, 5.74) is 23.0. The lowest BCUT2D eigenvalue weighted by atomic mass is 9.89. The fourth-order valence-corrected chi connectivity index (χ4v) is 15.4. The lowest BCUT2D eigenvalue weighted by Gasteiger charge is -2.16. The molecule has 0 unspecified atom stereocenters. The van der Waals surface area contributed by atoms with E-state index < -0.39 is 0 Å². The SMILES string of the molecule is c1cc(-c2ccc(-c3nc(-c4cc(-c5cccc6ccccc56)cc(-c5cccc6ccccc56)c4)nc(-c4cc(-c5cccc6ccccc56)cc(-c5cccc6ccccc56)c4)n3)cc2)cc(-c2cccc(-c3cc(-c4cccc5ccccc45)cc(-c4cccc5ccccc45)c3)c2)c1. The first kappa shape index (κ1) is 59.8. The van der Waals surface area contributed by atoms with Gasteiger partial charge in [-0.25, -0.2) is 15.0 Å². The van der Waals surface area contributed by atoms with Crippen LogP contribution in [-0.2, 0) is 0 Å². The third-order valence-corrected chi connectivity index (χ3v) is 20.4. The highest BCUT2D eigenvalue weighted by molar-refractivity contribution is 6.05. The molecule has 0 spiro atoms. The highest BCUT2D eigenvalue weighted by Gasteiger charge is 2.21. The molecule has 0 aliphatic carbocycles. The Morgan fingerprint density at radius 3 is 0.588 bits per heavy atom.